The second-order valence-corrected chi connectivity index (χ2v) is 9.79. The van der Waals surface area contributed by atoms with Crippen LogP contribution in [0.3, 0.4) is 0 Å². The number of hydrogen-bond acceptors (Lipinski definition) is 6. The summed E-state index contributed by atoms with van der Waals surface area (Å²) in [4.78, 5) is 17.5. The van der Waals surface area contributed by atoms with Crippen LogP contribution in [0.15, 0.2) is 37.1 Å². The van der Waals surface area contributed by atoms with E-state index in [1.807, 2.05) is 19.4 Å². The molecule has 8 nitrogen and oxygen atoms in total. The van der Waals surface area contributed by atoms with Gasteiger partial charge in [-0.1, -0.05) is 11.6 Å². The van der Waals surface area contributed by atoms with Crippen molar-refractivity contribution in [2.75, 3.05) is 0 Å². The summed E-state index contributed by atoms with van der Waals surface area (Å²) in [5, 5.41) is 10.9. The molecule has 4 aromatic rings. The molecule has 4 aromatic heterocycles. The number of amides is 1. The van der Waals surface area contributed by atoms with Crippen LogP contribution in [0, 0.1) is 0 Å². The molecule has 0 bridgehead atoms. The van der Waals surface area contributed by atoms with Gasteiger partial charge in [0.2, 0.25) is 0 Å². The lowest BCUT2D eigenvalue weighted by atomic mass is 9.87. The van der Waals surface area contributed by atoms with Crippen LogP contribution in [-0.4, -0.2) is 48.3 Å². The minimum Gasteiger partial charge on any atom is -0.341 e. The number of hydrogen-bond donors (Lipinski definition) is 2. The summed E-state index contributed by atoms with van der Waals surface area (Å²) < 4.78 is 32.2. The van der Waals surface area contributed by atoms with Gasteiger partial charge >= 0.3 is 0 Å². The lowest BCUT2D eigenvalue weighted by Gasteiger charge is -2.36. The number of alkyl halides is 2. The van der Waals surface area contributed by atoms with E-state index in [4.69, 9.17) is 17.3 Å². The molecule has 33 heavy (non-hydrogen) atoms. The zero-order valence-corrected chi connectivity index (χ0v) is 19.1. The average Bonchev–Trinajstić information content (AvgIpc) is 3.48. The van der Waals surface area contributed by atoms with Gasteiger partial charge in [-0.05, 0) is 18.9 Å². The fourth-order valence-electron chi connectivity index (χ4n) is 4.08. The molecule has 4 heterocycles. The third kappa shape index (κ3) is 4.00. The molecule has 1 fully saturated rings. The molecule has 3 N–H and O–H groups in total. The van der Waals surface area contributed by atoms with Crippen LogP contribution in [0.2, 0.25) is 4.34 Å². The van der Waals surface area contributed by atoms with Crippen LogP contribution in [0.4, 0.5) is 8.78 Å². The number of carbonyl (C=O) groups excluding carboxylic acids is 1. The minimum atomic E-state index is -3.05. The second kappa shape index (κ2) is 8.15. The van der Waals surface area contributed by atoms with Crippen LogP contribution in [0.5, 0.6) is 0 Å². The second-order valence-electron chi connectivity index (χ2n) is 8.14. The largest absolute Gasteiger partial charge is 0.341 e. The molecule has 0 aromatic carbocycles. The Bertz CT molecular complexity index is 1350. The average molecular weight is 492 g/mol. The summed E-state index contributed by atoms with van der Waals surface area (Å²) in [5.41, 5.74) is 9.35. The summed E-state index contributed by atoms with van der Waals surface area (Å²) in [6.07, 6.45) is 9.21. The molecule has 1 amide bonds. The van der Waals surface area contributed by atoms with Gasteiger partial charge in [0.25, 0.3) is 11.8 Å². The number of nitrogens with two attached hydrogens (primary N) is 1. The lowest BCUT2D eigenvalue weighted by Crippen LogP contribution is -2.59. The quantitative estimate of drug-likeness (QED) is 0.452. The molecule has 1 aliphatic rings. The third-order valence-corrected chi connectivity index (χ3v) is 7.17. The maximum Gasteiger partial charge on any atom is 0.269 e. The molecule has 1 aliphatic carbocycles. The van der Waals surface area contributed by atoms with Gasteiger partial charge < -0.3 is 11.1 Å². The first-order chi connectivity index (χ1) is 15.7. The number of rotatable bonds is 4. The number of fused-ring (bicyclic) bond motifs is 1. The van der Waals surface area contributed by atoms with Gasteiger partial charge in [0.1, 0.15) is 10.4 Å². The molecule has 2 atom stereocenters. The van der Waals surface area contributed by atoms with Crippen molar-refractivity contribution in [3.8, 4) is 22.3 Å². The summed E-state index contributed by atoms with van der Waals surface area (Å²) in [6.45, 7) is 0. The van der Waals surface area contributed by atoms with Crippen LogP contribution >= 0.6 is 22.9 Å². The Morgan fingerprint density at radius 2 is 2.03 bits per heavy atom. The topological polar surface area (TPSA) is 103 Å². The lowest BCUT2D eigenvalue weighted by molar-refractivity contribution is -0.0674. The summed E-state index contributed by atoms with van der Waals surface area (Å²) in [6, 6.07) is -0.638. The van der Waals surface area contributed by atoms with Crippen molar-refractivity contribution in [2.24, 2.45) is 12.8 Å². The molecule has 0 radical (unpaired) electrons. The molecule has 2 unspecified atom stereocenters. The van der Waals surface area contributed by atoms with Crippen LogP contribution < -0.4 is 11.1 Å². The molecular formula is C21H20ClF2N7OS. The fraction of sp³-hybridized carbons (Fsp3) is 0.333. The van der Waals surface area contributed by atoms with Gasteiger partial charge in [-0.3, -0.25) is 9.48 Å². The Balaban J connectivity index is 1.43. The molecule has 0 aliphatic heterocycles. The molecule has 12 heteroatoms. The van der Waals surface area contributed by atoms with Crippen LogP contribution in [0.1, 0.15) is 28.9 Å². The highest BCUT2D eigenvalue weighted by Gasteiger charge is 2.46. The van der Waals surface area contributed by atoms with E-state index in [2.05, 4.69) is 20.5 Å². The van der Waals surface area contributed by atoms with Crippen molar-refractivity contribution in [3.63, 3.8) is 0 Å². The molecule has 5 rings (SSSR count). The van der Waals surface area contributed by atoms with Gasteiger partial charge in [0.05, 0.1) is 17.3 Å². The van der Waals surface area contributed by atoms with E-state index < -0.39 is 23.9 Å². The van der Waals surface area contributed by atoms with Crippen molar-refractivity contribution in [1.82, 2.24) is 29.7 Å². The highest BCUT2D eigenvalue weighted by atomic mass is 35.5. The number of halogens is 3. The monoisotopic (exact) mass is 491 g/mol. The number of nitrogens with zero attached hydrogens (tertiary/aromatic N) is 5. The number of thiophene rings is 1. The molecule has 0 saturated heterocycles. The van der Waals surface area contributed by atoms with E-state index >= 15 is 0 Å². The van der Waals surface area contributed by atoms with E-state index in [9.17, 15) is 13.6 Å². The Hall–Kier alpha value is -2.89. The summed E-state index contributed by atoms with van der Waals surface area (Å²) in [5.74, 6) is -3.67. The van der Waals surface area contributed by atoms with Gasteiger partial charge in [0.15, 0.2) is 5.65 Å². The molecule has 0 spiro atoms. The van der Waals surface area contributed by atoms with E-state index in [1.165, 1.54) is 0 Å². The minimum absolute atomic E-state index is 0.218. The standard InChI is InChI=1S/C21H20ClF2N7OS/c1-30-9-12(7-27-30)11-6-26-19-14(8-28-31(19)10-11)13-5-16(33-18(13)22)20(32)29-17-15(25)3-2-4-21(17,23)24/h5-10,15,17H,2-4,25H2,1H3,(H,29,32). The predicted molar refractivity (Wildman–Crippen MR) is 122 cm³/mol. The van der Waals surface area contributed by atoms with Crippen molar-refractivity contribution < 1.29 is 13.6 Å². The van der Waals surface area contributed by atoms with E-state index in [-0.39, 0.29) is 11.3 Å². The highest BCUT2D eigenvalue weighted by Crippen LogP contribution is 2.38. The first kappa shape index (κ1) is 21.9. The van der Waals surface area contributed by atoms with Crippen molar-refractivity contribution >= 4 is 34.5 Å². The Labute approximate surface area is 196 Å². The van der Waals surface area contributed by atoms with Crippen molar-refractivity contribution in [3.05, 3.63) is 46.3 Å². The summed E-state index contributed by atoms with van der Waals surface area (Å²) >= 11 is 7.44. The van der Waals surface area contributed by atoms with E-state index in [0.717, 1.165) is 22.5 Å². The number of aryl methyl sites for hydroxylation is 1. The first-order valence-corrected chi connectivity index (χ1v) is 11.5. The number of carbonyl (C=O) groups is 1. The molecule has 1 saturated carbocycles. The van der Waals surface area contributed by atoms with Crippen molar-refractivity contribution in [2.45, 2.75) is 37.3 Å². The SMILES string of the molecule is Cn1cc(-c2cnc3c(-c4cc(C(=O)NC5C(N)CCCC5(F)F)sc4Cl)cnn3c2)cn1. The maximum absolute atomic E-state index is 14.3. The number of aromatic nitrogens is 5. The normalized spacial score (nSPS) is 20.3. The van der Waals surface area contributed by atoms with Gasteiger partial charge in [-0.25, -0.2) is 18.3 Å². The third-order valence-electron chi connectivity index (χ3n) is 5.81. The maximum atomic E-state index is 14.3. The van der Waals surface area contributed by atoms with Crippen molar-refractivity contribution in [1.29, 1.82) is 0 Å². The Kier molecular flexibility index (Phi) is 5.42. The first-order valence-electron chi connectivity index (χ1n) is 10.3. The smallest absolute Gasteiger partial charge is 0.269 e. The highest BCUT2D eigenvalue weighted by molar-refractivity contribution is 7.18. The number of nitrogens with one attached hydrogen (secondary N) is 1. The van der Waals surface area contributed by atoms with E-state index in [1.54, 1.807) is 33.9 Å². The van der Waals surface area contributed by atoms with Gasteiger partial charge in [0, 0.05) is 60.4 Å². The zero-order chi connectivity index (χ0) is 23.3. The van der Waals surface area contributed by atoms with Crippen LogP contribution in [-0.2, 0) is 7.05 Å². The fourth-order valence-corrected chi connectivity index (χ4v) is 5.29. The predicted octanol–water partition coefficient (Wildman–Crippen LogP) is 3.76. The van der Waals surface area contributed by atoms with Gasteiger partial charge in [-0.2, -0.15) is 10.2 Å². The molecular weight excluding hydrogens is 472 g/mol. The Morgan fingerprint density at radius 3 is 2.76 bits per heavy atom. The van der Waals surface area contributed by atoms with Gasteiger partial charge in [-0.15, -0.1) is 11.3 Å². The molecule has 172 valence electrons. The zero-order valence-electron chi connectivity index (χ0n) is 17.5. The van der Waals surface area contributed by atoms with E-state index in [0.29, 0.717) is 34.0 Å². The van der Waals surface area contributed by atoms with Crippen LogP contribution in [0.25, 0.3) is 27.9 Å². The summed E-state index contributed by atoms with van der Waals surface area (Å²) in [7, 11) is 1.83. The Morgan fingerprint density at radius 1 is 1.24 bits per heavy atom.